The number of carboxylic acids is 1. The number of rotatable bonds is 7. The van der Waals surface area contributed by atoms with Crippen LogP contribution < -0.4 is 0 Å². The zero-order chi connectivity index (χ0) is 14.4. The van der Waals surface area contributed by atoms with Gasteiger partial charge in [-0.2, -0.15) is 11.8 Å². The topological polar surface area (TPSA) is 70.4 Å². The molecular weight excluding hydrogens is 294 g/mol. The summed E-state index contributed by atoms with van der Waals surface area (Å²) in [6.45, 7) is 0.226. The molecule has 2 aromatic rings. The molecule has 0 spiro atoms. The lowest BCUT2D eigenvalue weighted by molar-refractivity contribution is 0.0691. The van der Waals surface area contributed by atoms with Crippen LogP contribution in [0.2, 0.25) is 0 Å². The highest BCUT2D eigenvalue weighted by Gasteiger charge is 2.10. The molecule has 0 saturated carbocycles. The van der Waals surface area contributed by atoms with Crippen LogP contribution in [0.15, 0.2) is 29.6 Å². The van der Waals surface area contributed by atoms with Crippen molar-refractivity contribution in [3.63, 3.8) is 0 Å². The highest BCUT2D eigenvalue weighted by Crippen LogP contribution is 2.25. The molecule has 2 rings (SSSR count). The number of aliphatic hydroxyl groups is 1. The van der Waals surface area contributed by atoms with E-state index in [9.17, 15) is 4.79 Å². The van der Waals surface area contributed by atoms with Gasteiger partial charge in [-0.15, -0.1) is 11.3 Å². The summed E-state index contributed by atoms with van der Waals surface area (Å²) in [4.78, 5) is 14.9. The predicted octanol–water partition coefficient (Wildman–Crippen LogP) is 3.12. The minimum absolute atomic E-state index is 0.0905. The molecule has 4 nitrogen and oxygen atoms in total. The van der Waals surface area contributed by atoms with Crippen LogP contribution in [0.3, 0.4) is 0 Å². The Morgan fingerprint density at radius 2 is 2.25 bits per heavy atom. The molecule has 1 aromatic heterocycles. The monoisotopic (exact) mass is 309 g/mol. The summed E-state index contributed by atoms with van der Waals surface area (Å²) in [5, 5.41) is 19.9. The fraction of sp³-hybridized carbons (Fsp3) is 0.286. The van der Waals surface area contributed by atoms with E-state index in [0.29, 0.717) is 0 Å². The fourth-order valence-corrected chi connectivity index (χ4v) is 3.34. The number of thiazole rings is 1. The minimum atomic E-state index is -0.997. The third-order valence-electron chi connectivity index (χ3n) is 2.61. The van der Waals surface area contributed by atoms with E-state index in [1.165, 1.54) is 16.9 Å². The molecular formula is C14H15NO3S2. The number of hydrogen-bond acceptors (Lipinski definition) is 5. The zero-order valence-corrected chi connectivity index (χ0v) is 12.4. The van der Waals surface area contributed by atoms with Crippen molar-refractivity contribution in [2.24, 2.45) is 0 Å². The van der Waals surface area contributed by atoms with E-state index in [4.69, 9.17) is 10.2 Å². The summed E-state index contributed by atoms with van der Waals surface area (Å²) in [5.74, 6) is 0.815. The Morgan fingerprint density at radius 1 is 1.40 bits per heavy atom. The van der Waals surface area contributed by atoms with Gasteiger partial charge in [0.2, 0.25) is 0 Å². The summed E-state index contributed by atoms with van der Waals surface area (Å²) in [6.07, 6.45) is 0.804. The Bertz CT molecular complexity index is 583. The molecule has 1 aromatic carbocycles. The van der Waals surface area contributed by atoms with Gasteiger partial charge in [-0.3, -0.25) is 0 Å². The molecule has 0 unspecified atom stereocenters. The van der Waals surface area contributed by atoms with Crippen LogP contribution in [-0.2, 0) is 5.75 Å². The van der Waals surface area contributed by atoms with Crippen molar-refractivity contribution < 1.29 is 15.0 Å². The van der Waals surface area contributed by atoms with Crippen molar-refractivity contribution in [2.75, 3.05) is 12.4 Å². The lowest BCUT2D eigenvalue weighted by atomic mass is 10.1. The third-order valence-corrected chi connectivity index (χ3v) is 4.62. The smallest absolute Gasteiger partial charge is 0.355 e. The molecule has 0 aliphatic heterocycles. The summed E-state index contributed by atoms with van der Waals surface area (Å²) >= 11 is 3.11. The quantitative estimate of drug-likeness (QED) is 0.769. The molecule has 2 N–H and O–H groups in total. The van der Waals surface area contributed by atoms with Gasteiger partial charge in [0.25, 0.3) is 0 Å². The maximum atomic E-state index is 10.8. The highest BCUT2D eigenvalue weighted by atomic mass is 32.2. The fourth-order valence-electron chi connectivity index (χ4n) is 1.66. The van der Waals surface area contributed by atoms with E-state index < -0.39 is 5.97 Å². The molecule has 0 radical (unpaired) electrons. The van der Waals surface area contributed by atoms with E-state index >= 15 is 0 Å². The third kappa shape index (κ3) is 4.06. The number of aromatic nitrogens is 1. The van der Waals surface area contributed by atoms with Gasteiger partial charge in [-0.25, -0.2) is 9.78 Å². The number of hydrogen-bond donors (Lipinski definition) is 2. The molecule has 106 valence electrons. The minimum Gasteiger partial charge on any atom is -0.476 e. The van der Waals surface area contributed by atoms with Gasteiger partial charge < -0.3 is 10.2 Å². The van der Waals surface area contributed by atoms with Crippen LogP contribution in [0.25, 0.3) is 10.6 Å². The van der Waals surface area contributed by atoms with Crippen LogP contribution in [0.5, 0.6) is 0 Å². The Hall–Kier alpha value is -1.37. The van der Waals surface area contributed by atoms with Crippen LogP contribution in [0, 0.1) is 0 Å². The Kier molecular flexibility index (Phi) is 5.58. The maximum absolute atomic E-state index is 10.8. The van der Waals surface area contributed by atoms with Gasteiger partial charge in [-0.1, -0.05) is 18.2 Å². The second kappa shape index (κ2) is 7.42. The second-order valence-corrected chi connectivity index (χ2v) is 6.14. The highest BCUT2D eigenvalue weighted by molar-refractivity contribution is 7.98. The number of carboxylic acid groups (broad SMARTS) is 1. The average molecular weight is 309 g/mol. The van der Waals surface area contributed by atoms with E-state index in [0.717, 1.165) is 28.5 Å². The Morgan fingerprint density at radius 3 is 2.95 bits per heavy atom. The number of nitrogens with zero attached hydrogens (tertiary/aromatic N) is 1. The largest absolute Gasteiger partial charge is 0.476 e. The van der Waals surface area contributed by atoms with Gasteiger partial charge >= 0.3 is 5.97 Å². The first-order chi connectivity index (χ1) is 9.70. The number of aromatic carboxylic acids is 1. The Labute approximate surface area is 125 Å². The molecule has 0 fully saturated rings. The predicted molar refractivity (Wildman–Crippen MR) is 82.4 cm³/mol. The molecule has 0 atom stereocenters. The van der Waals surface area contributed by atoms with Gasteiger partial charge in [-0.05, 0) is 23.8 Å². The van der Waals surface area contributed by atoms with Crippen molar-refractivity contribution in [1.29, 1.82) is 0 Å². The summed E-state index contributed by atoms with van der Waals surface area (Å²) in [6, 6.07) is 7.98. The molecule has 20 heavy (non-hydrogen) atoms. The first-order valence-corrected chi connectivity index (χ1v) is 8.21. The maximum Gasteiger partial charge on any atom is 0.355 e. The van der Waals surface area contributed by atoms with E-state index in [1.807, 2.05) is 24.3 Å². The van der Waals surface area contributed by atoms with Gasteiger partial charge in [0.05, 0.1) is 0 Å². The Balaban J connectivity index is 2.06. The van der Waals surface area contributed by atoms with Gasteiger partial charge in [0, 0.05) is 23.3 Å². The van der Waals surface area contributed by atoms with Crippen LogP contribution >= 0.6 is 23.1 Å². The van der Waals surface area contributed by atoms with Crippen LogP contribution in [-0.4, -0.2) is 33.5 Å². The van der Waals surface area contributed by atoms with Crippen LogP contribution in [0.1, 0.15) is 22.5 Å². The summed E-state index contributed by atoms with van der Waals surface area (Å²) in [7, 11) is 0. The van der Waals surface area contributed by atoms with Gasteiger partial charge in [0.15, 0.2) is 5.69 Å². The van der Waals surface area contributed by atoms with Crippen LogP contribution in [0.4, 0.5) is 0 Å². The van der Waals surface area contributed by atoms with Crippen molar-refractivity contribution in [1.82, 2.24) is 4.98 Å². The molecule has 0 aliphatic rings. The SMILES string of the molecule is O=C(O)c1csc(-c2cccc(CSCCCO)c2)n1. The molecule has 0 aliphatic carbocycles. The van der Waals surface area contributed by atoms with Crippen molar-refractivity contribution >= 4 is 29.1 Å². The number of thioether (sulfide) groups is 1. The zero-order valence-electron chi connectivity index (χ0n) is 10.8. The van der Waals surface area contributed by atoms with Crippen molar-refractivity contribution in [3.05, 3.63) is 40.9 Å². The standard InChI is InChI=1S/C14H15NO3S2/c16-5-2-6-19-8-10-3-1-4-11(7-10)13-15-12(9-20-13)14(17)18/h1,3-4,7,9,16H,2,5-6,8H2,(H,17,18). The van der Waals surface area contributed by atoms with E-state index in [2.05, 4.69) is 4.98 Å². The number of carbonyl (C=O) groups is 1. The normalized spacial score (nSPS) is 10.7. The van der Waals surface area contributed by atoms with E-state index in [-0.39, 0.29) is 12.3 Å². The molecule has 0 bridgehead atoms. The molecule has 1 heterocycles. The van der Waals surface area contributed by atoms with Gasteiger partial charge in [0.1, 0.15) is 5.01 Å². The molecule has 0 amide bonds. The first kappa shape index (κ1) is 15.0. The van der Waals surface area contributed by atoms with Crippen molar-refractivity contribution in [3.8, 4) is 10.6 Å². The number of aliphatic hydroxyl groups excluding tert-OH is 1. The summed E-state index contributed by atoms with van der Waals surface area (Å²) in [5.41, 5.74) is 2.22. The lowest BCUT2D eigenvalue weighted by Crippen LogP contribution is -1.95. The number of benzene rings is 1. The molecule has 0 saturated heterocycles. The van der Waals surface area contributed by atoms with E-state index in [1.54, 1.807) is 17.1 Å². The lowest BCUT2D eigenvalue weighted by Gasteiger charge is -2.03. The van der Waals surface area contributed by atoms with Crippen molar-refractivity contribution in [2.45, 2.75) is 12.2 Å². The summed E-state index contributed by atoms with van der Waals surface area (Å²) < 4.78 is 0. The first-order valence-electron chi connectivity index (χ1n) is 6.17. The molecule has 6 heteroatoms. The second-order valence-electron chi connectivity index (χ2n) is 4.17. The average Bonchev–Trinajstić information content (AvgIpc) is 2.94.